The Hall–Kier alpha value is -1.63. The molecule has 0 saturated carbocycles. The summed E-state index contributed by atoms with van der Waals surface area (Å²) in [7, 11) is 0. The van der Waals surface area contributed by atoms with E-state index in [9.17, 15) is 0 Å². The summed E-state index contributed by atoms with van der Waals surface area (Å²) in [5.41, 5.74) is 0. The van der Waals surface area contributed by atoms with Crippen molar-refractivity contribution < 1.29 is 0 Å². The highest BCUT2D eigenvalue weighted by Gasteiger charge is 2.21. The quantitative estimate of drug-likeness (QED) is 0.844. The van der Waals surface area contributed by atoms with Gasteiger partial charge in [-0.1, -0.05) is 0 Å². The van der Waals surface area contributed by atoms with E-state index in [4.69, 9.17) is 15.0 Å². The van der Waals surface area contributed by atoms with Gasteiger partial charge in [0.25, 0.3) is 0 Å². The van der Waals surface area contributed by atoms with Crippen molar-refractivity contribution in [2.24, 2.45) is 5.92 Å². The van der Waals surface area contributed by atoms with Crippen molar-refractivity contribution in [3.05, 3.63) is 0 Å². The Balaban J connectivity index is 1.52. The van der Waals surface area contributed by atoms with Gasteiger partial charge in [-0.3, -0.25) is 0 Å². The van der Waals surface area contributed by atoms with E-state index in [1.807, 2.05) is 0 Å². The molecule has 0 aromatic carbocycles. The van der Waals surface area contributed by atoms with Gasteiger partial charge in [0.15, 0.2) is 0 Å². The number of nitrogens with one attached hydrogen (secondary N) is 2. The molecule has 3 fully saturated rings. The Morgan fingerprint density at radius 2 is 1.44 bits per heavy atom. The molecule has 7 nitrogen and oxygen atoms in total. The molecule has 138 valence electrons. The van der Waals surface area contributed by atoms with Gasteiger partial charge in [-0.2, -0.15) is 15.0 Å². The fraction of sp³-hybridized carbons (Fsp3) is 0.833. The average Bonchev–Trinajstić information content (AvgIpc) is 3.21. The van der Waals surface area contributed by atoms with E-state index < -0.39 is 0 Å². The highest BCUT2D eigenvalue weighted by Crippen LogP contribution is 2.22. The van der Waals surface area contributed by atoms with Crippen LogP contribution in [0.5, 0.6) is 0 Å². The molecule has 1 atom stereocenters. The Morgan fingerprint density at radius 1 is 0.840 bits per heavy atom. The van der Waals surface area contributed by atoms with Crippen molar-refractivity contribution in [3.63, 3.8) is 0 Å². The zero-order valence-electron chi connectivity index (χ0n) is 15.2. The van der Waals surface area contributed by atoms with Gasteiger partial charge in [-0.05, 0) is 64.0 Å². The van der Waals surface area contributed by atoms with Gasteiger partial charge in [0, 0.05) is 32.7 Å². The molecule has 7 heteroatoms. The molecule has 1 aromatic rings. The van der Waals surface area contributed by atoms with Gasteiger partial charge in [-0.25, -0.2) is 0 Å². The molecule has 0 amide bonds. The molecule has 0 spiro atoms. The van der Waals surface area contributed by atoms with E-state index in [1.54, 1.807) is 0 Å². The van der Waals surface area contributed by atoms with Crippen molar-refractivity contribution in [2.45, 2.75) is 44.9 Å². The second kappa shape index (κ2) is 8.17. The first-order chi connectivity index (χ1) is 12.4. The van der Waals surface area contributed by atoms with E-state index in [0.717, 1.165) is 63.7 Å². The normalized spacial score (nSPS) is 24.6. The summed E-state index contributed by atoms with van der Waals surface area (Å²) in [6.45, 7) is 7.42. The molecule has 4 heterocycles. The van der Waals surface area contributed by atoms with Crippen LogP contribution in [-0.2, 0) is 0 Å². The summed E-state index contributed by atoms with van der Waals surface area (Å²) in [5, 5.41) is 6.92. The number of hydrogen-bond donors (Lipinski definition) is 2. The molecule has 1 aromatic heterocycles. The van der Waals surface area contributed by atoms with Crippen LogP contribution in [0.3, 0.4) is 0 Å². The molecular formula is C18H31N7. The summed E-state index contributed by atoms with van der Waals surface area (Å²) >= 11 is 0. The molecule has 0 radical (unpaired) electrons. The molecular weight excluding hydrogens is 314 g/mol. The Bertz CT molecular complexity index is 510. The second-order valence-electron chi connectivity index (χ2n) is 7.59. The fourth-order valence-corrected chi connectivity index (χ4v) is 4.03. The van der Waals surface area contributed by atoms with Crippen LogP contribution in [0.25, 0.3) is 0 Å². The minimum atomic E-state index is 0.675. The maximum atomic E-state index is 4.84. The molecule has 1 unspecified atom stereocenters. The van der Waals surface area contributed by atoms with Gasteiger partial charge < -0.3 is 20.4 Å². The van der Waals surface area contributed by atoms with Crippen molar-refractivity contribution in [1.29, 1.82) is 0 Å². The lowest BCUT2D eigenvalue weighted by Crippen LogP contribution is -2.34. The minimum Gasteiger partial charge on any atom is -0.354 e. The molecule has 25 heavy (non-hydrogen) atoms. The number of nitrogens with zero attached hydrogens (tertiary/aromatic N) is 5. The van der Waals surface area contributed by atoms with E-state index in [1.165, 1.54) is 44.9 Å². The van der Waals surface area contributed by atoms with Gasteiger partial charge in [0.2, 0.25) is 17.8 Å². The molecule has 0 aliphatic carbocycles. The van der Waals surface area contributed by atoms with Gasteiger partial charge in [0.1, 0.15) is 0 Å². The Morgan fingerprint density at radius 3 is 1.96 bits per heavy atom. The van der Waals surface area contributed by atoms with Crippen LogP contribution in [0, 0.1) is 5.92 Å². The minimum absolute atomic E-state index is 0.675. The molecule has 2 N–H and O–H groups in total. The van der Waals surface area contributed by atoms with Crippen LogP contribution in [0.15, 0.2) is 0 Å². The third-order valence-corrected chi connectivity index (χ3v) is 5.60. The molecule has 0 bridgehead atoms. The number of piperidine rings is 2. The zero-order chi connectivity index (χ0) is 16.9. The summed E-state index contributed by atoms with van der Waals surface area (Å²) in [6, 6.07) is 0. The van der Waals surface area contributed by atoms with E-state index in [2.05, 4.69) is 20.4 Å². The number of hydrogen-bond acceptors (Lipinski definition) is 7. The first-order valence-electron chi connectivity index (χ1n) is 10.1. The standard InChI is InChI=1S/C18H31N7/c1-3-9-24(10-4-1)17-21-16(20-14-15-7-8-19-13-15)22-18(23-17)25-11-5-2-6-12-25/h15,19H,1-14H2,(H,20,21,22,23). The third kappa shape index (κ3) is 4.32. The number of anilines is 3. The van der Waals surface area contributed by atoms with Crippen LogP contribution >= 0.6 is 0 Å². The van der Waals surface area contributed by atoms with Gasteiger partial charge in [0.05, 0.1) is 0 Å². The van der Waals surface area contributed by atoms with Crippen LogP contribution in [-0.4, -0.2) is 60.8 Å². The first-order valence-corrected chi connectivity index (χ1v) is 10.1. The monoisotopic (exact) mass is 345 g/mol. The van der Waals surface area contributed by atoms with E-state index >= 15 is 0 Å². The third-order valence-electron chi connectivity index (χ3n) is 5.60. The van der Waals surface area contributed by atoms with E-state index in [-0.39, 0.29) is 0 Å². The van der Waals surface area contributed by atoms with Crippen LogP contribution in [0.2, 0.25) is 0 Å². The summed E-state index contributed by atoms with van der Waals surface area (Å²) < 4.78 is 0. The predicted octanol–water partition coefficient (Wildman–Crippen LogP) is 1.87. The van der Waals surface area contributed by atoms with Gasteiger partial charge >= 0.3 is 0 Å². The SMILES string of the molecule is C1CCN(c2nc(NCC3CCNC3)nc(N3CCCCC3)n2)CC1. The lowest BCUT2D eigenvalue weighted by Gasteiger charge is -2.30. The summed E-state index contributed by atoms with van der Waals surface area (Å²) in [6.07, 6.45) is 8.82. The summed E-state index contributed by atoms with van der Waals surface area (Å²) in [5.74, 6) is 3.15. The average molecular weight is 345 g/mol. The maximum Gasteiger partial charge on any atom is 0.231 e. The summed E-state index contributed by atoms with van der Waals surface area (Å²) in [4.78, 5) is 19.0. The highest BCUT2D eigenvalue weighted by molar-refractivity contribution is 5.45. The van der Waals surface area contributed by atoms with Crippen molar-refractivity contribution in [1.82, 2.24) is 20.3 Å². The number of rotatable bonds is 5. The second-order valence-corrected chi connectivity index (χ2v) is 7.59. The zero-order valence-corrected chi connectivity index (χ0v) is 15.2. The molecule has 3 aliphatic heterocycles. The fourth-order valence-electron chi connectivity index (χ4n) is 4.03. The predicted molar refractivity (Wildman–Crippen MR) is 101 cm³/mol. The topological polar surface area (TPSA) is 69.2 Å². The highest BCUT2D eigenvalue weighted by atomic mass is 15.4. The van der Waals surface area contributed by atoms with Crippen molar-refractivity contribution in [3.8, 4) is 0 Å². The van der Waals surface area contributed by atoms with E-state index in [0.29, 0.717) is 5.92 Å². The lowest BCUT2D eigenvalue weighted by atomic mass is 10.1. The van der Waals surface area contributed by atoms with Crippen molar-refractivity contribution in [2.75, 3.05) is 60.9 Å². The number of aromatic nitrogens is 3. The van der Waals surface area contributed by atoms with Crippen LogP contribution in [0.1, 0.15) is 44.9 Å². The van der Waals surface area contributed by atoms with Crippen LogP contribution < -0.4 is 20.4 Å². The lowest BCUT2D eigenvalue weighted by molar-refractivity contribution is 0.555. The maximum absolute atomic E-state index is 4.84. The van der Waals surface area contributed by atoms with Crippen LogP contribution in [0.4, 0.5) is 17.8 Å². The smallest absolute Gasteiger partial charge is 0.231 e. The van der Waals surface area contributed by atoms with Gasteiger partial charge in [-0.15, -0.1) is 0 Å². The molecule has 3 aliphatic rings. The first kappa shape index (κ1) is 16.8. The Labute approximate surface area is 150 Å². The Kier molecular flexibility index (Phi) is 5.49. The largest absolute Gasteiger partial charge is 0.354 e. The van der Waals surface area contributed by atoms with Crippen molar-refractivity contribution >= 4 is 17.8 Å². The molecule has 3 saturated heterocycles. The molecule has 4 rings (SSSR count).